The Bertz CT molecular complexity index is 1160. The molecule has 0 radical (unpaired) electrons. The molecule has 4 aliphatic rings. The first kappa shape index (κ1) is 17.2. The highest BCUT2D eigenvalue weighted by atomic mass is 19.1. The fourth-order valence-corrected chi connectivity index (χ4v) is 6.54. The van der Waals surface area contributed by atoms with Crippen LogP contribution in [0.5, 0.6) is 0 Å². The lowest BCUT2D eigenvalue weighted by Crippen LogP contribution is -2.59. The van der Waals surface area contributed by atoms with Crippen molar-refractivity contribution in [2.45, 2.75) is 43.7 Å². The maximum Gasteiger partial charge on any atom is 0.252 e. The highest BCUT2D eigenvalue weighted by Gasteiger charge is 2.54. The third-order valence-corrected chi connectivity index (χ3v) is 7.40. The Morgan fingerprint density at radius 1 is 1.28 bits per heavy atom. The van der Waals surface area contributed by atoms with Crippen LogP contribution in [-0.4, -0.2) is 32.6 Å². The molecule has 2 heterocycles. The number of hydrogen-bond acceptors (Lipinski definition) is 4. The van der Waals surface area contributed by atoms with Crippen LogP contribution in [0.3, 0.4) is 0 Å². The van der Waals surface area contributed by atoms with Gasteiger partial charge in [-0.1, -0.05) is 0 Å². The number of nitrogens with two attached hydrogens (primary N) is 1. The van der Waals surface area contributed by atoms with Crippen molar-refractivity contribution in [1.29, 1.82) is 0 Å². The van der Waals surface area contributed by atoms with E-state index in [9.17, 15) is 14.3 Å². The molecule has 150 valence electrons. The zero-order valence-corrected chi connectivity index (χ0v) is 15.9. The minimum Gasteiger partial charge on any atom is -0.390 e. The van der Waals surface area contributed by atoms with Crippen LogP contribution in [0, 0.1) is 23.6 Å². The van der Waals surface area contributed by atoms with E-state index in [1.807, 2.05) is 0 Å². The number of aromatic amines is 1. The molecule has 4 bridgehead atoms. The first-order valence-electron chi connectivity index (χ1n) is 10.3. The number of carbonyl (C=O) groups is 1. The van der Waals surface area contributed by atoms with E-state index in [4.69, 9.17) is 5.73 Å². The van der Waals surface area contributed by atoms with Gasteiger partial charge in [0.05, 0.1) is 22.1 Å². The van der Waals surface area contributed by atoms with E-state index in [1.54, 1.807) is 6.07 Å². The third kappa shape index (κ3) is 2.50. The summed E-state index contributed by atoms with van der Waals surface area (Å²) in [4.78, 5) is 19.7. The highest BCUT2D eigenvalue weighted by Crippen LogP contribution is 2.56. The van der Waals surface area contributed by atoms with Gasteiger partial charge in [-0.3, -0.25) is 4.79 Å². The Morgan fingerprint density at radius 3 is 2.72 bits per heavy atom. The van der Waals surface area contributed by atoms with Crippen LogP contribution in [0.15, 0.2) is 24.4 Å². The van der Waals surface area contributed by atoms with Crippen LogP contribution in [0.25, 0.3) is 21.8 Å². The number of aromatic nitrogens is 2. The first-order valence-corrected chi connectivity index (χ1v) is 10.3. The van der Waals surface area contributed by atoms with E-state index in [-0.39, 0.29) is 11.9 Å². The number of carbonyl (C=O) groups excluding carboxylic acids is 1. The predicted octanol–water partition coefficient (Wildman–Crippen LogP) is 3.31. The lowest BCUT2D eigenvalue weighted by atomic mass is 9.52. The van der Waals surface area contributed by atoms with E-state index in [0.717, 1.165) is 37.6 Å². The number of fused-ring (bicyclic) bond motifs is 3. The third-order valence-electron chi connectivity index (χ3n) is 7.40. The van der Waals surface area contributed by atoms with Gasteiger partial charge in [0, 0.05) is 23.1 Å². The molecule has 3 aromatic rings. The summed E-state index contributed by atoms with van der Waals surface area (Å²) in [5, 5.41) is 15.9. The normalized spacial score (nSPS) is 32.9. The van der Waals surface area contributed by atoms with Gasteiger partial charge in [-0.25, -0.2) is 9.37 Å². The van der Waals surface area contributed by atoms with Crippen molar-refractivity contribution in [2.75, 3.05) is 5.32 Å². The molecule has 4 aliphatic carbocycles. The summed E-state index contributed by atoms with van der Waals surface area (Å²) < 4.78 is 14.0. The van der Waals surface area contributed by atoms with Crippen LogP contribution in [0.1, 0.15) is 42.5 Å². The topological polar surface area (TPSA) is 104 Å². The molecule has 0 saturated heterocycles. The number of benzene rings is 1. The number of rotatable bonds is 3. The zero-order valence-electron chi connectivity index (χ0n) is 15.9. The quantitative estimate of drug-likeness (QED) is 0.547. The molecule has 7 heteroatoms. The molecule has 2 aromatic heterocycles. The Balaban J connectivity index is 1.48. The summed E-state index contributed by atoms with van der Waals surface area (Å²) in [6.07, 6.45) is 6.32. The minimum absolute atomic E-state index is 0.223. The summed E-state index contributed by atoms with van der Waals surface area (Å²) in [7, 11) is 0. The summed E-state index contributed by atoms with van der Waals surface area (Å²) in [5.74, 6) is 1.15. The molecule has 0 spiro atoms. The minimum atomic E-state index is -0.571. The van der Waals surface area contributed by atoms with Gasteiger partial charge in [0.1, 0.15) is 11.6 Å². The second-order valence-corrected chi connectivity index (χ2v) is 9.31. The average Bonchev–Trinajstić information content (AvgIpc) is 3.02. The fraction of sp³-hybridized carbons (Fsp3) is 0.455. The number of amides is 1. The van der Waals surface area contributed by atoms with E-state index in [2.05, 4.69) is 15.3 Å². The zero-order chi connectivity index (χ0) is 19.9. The lowest BCUT2D eigenvalue weighted by Gasteiger charge is -2.58. The summed E-state index contributed by atoms with van der Waals surface area (Å²) in [6.45, 7) is 0. The number of anilines is 1. The average molecular weight is 394 g/mol. The molecule has 1 aromatic carbocycles. The highest BCUT2D eigenvalue weighted by molar-refractivity contribution is 6.18. The van der Waals surface area contributed by atoms with Crippen molar-refractivity contribution in [1.82, 2.24) is 9.97 Å². The lowest BCUT2D eigenvalue weighted by molar-refractivity contribution is -0.129. The van der Waals surface area contributed by atoms with Crippen LogP contribution in [0.4, 0.5) is 10.2 Å². The largest absolute Gasteiger partial charge is 0.390 e. The fourth-order valence-electron chi connectivity index (χ4n) is 6.54. The Hall–Kier alpha value is -2.67. The van der Waals surface area contributed by atoms with E-state index in [0.29, 0.717) is 45.4 Å². The van der Waals surface area contributed by atoms with Crippen LogP contribution in [-0.2, 0) is 0 Å². The maximum absolute atomic E-state index is 14.0. The van der Waals surface area contributed by atoms with Crippen molar-refractivity contribution < 1.29 is 14.3 Å². The van der Waals surface area contributed by atoms with E-state index < -0.39 is 11.5 Å². The van der Waals surface area contributed by atoms with Gasteiger partial charge in [-0.05, 0) is 68.1 Å². The number of nitrogens with zero attached hydrogens (tertiary/aromatic N) is 1. The van der Waals surface area contributed by atoms with E-state index in [1.165, 1.54) is 18.3 Å². The smallest absolute Gasteiger partial charge is 0.252 e. The monoisotopic (exact) mass is 394 g/mol. The molecular weight excluding hydrogens is 371 g/mol. The van der Waals surface area contributed by atoms with Gasteiger partial charge in [0.15, 0.2) is 0 Å². The van der Waals surface area contributed by atoms with Crippen LogP contribution >= 0.6 is 0 Å². The van der Waals surface area contributed by atoms with Gasteiger partial charge in [0.2, 0.25) is 0 Å². The predicted molar refractivity (Wildman–Crippen MR) is 108 cm³/mol. The summed E-state index contributed by atoms with van der Waals surface area (Å²) in [6, 6.07) is 4.74. The second-order valence-electron chi connectivity index (χ2n) is 9.31. The van der Waals surface area contributed by atoms with E-state index >= 15 is 0 Å². The molecule has 4 saturated carbocycles. The first-order chi connectivity index (χ1) is 13.9. The Labute approximate surface area is 166 Å². The molecule has 4 fully saturated rings. The van der Waals surface area contributed by atoms with Crippen LogP contribution in [0.2, 0.25) is 0 Å². The number of H-pyrrole nitrogens is 1. The van der Waals surface area contributed by atoms with Gasteiger partial charge >= 0.3 is 0 Å². The molecule has 29 heavy (non-hydrogen) atoms. The van der Waals surface area contributed by atoms with Gasteiger partial charge in [0.25, 0.3) is 5.91 Å². The SMILES string of the molecule is NC(=O)c1cnc(NC2[C@@H]3CC4C[C@H]2CC(O)(C4)C3)c2c1[nH]c1ccc(F)cc12. The van der Waals surface area contributed by atoms with Crippen molar-refractivity contribution in [3.8, 4) is 0 Å². The van der Waals surface area contributed by atoms with Gasteiger partial charge < -0.3 is 21.1 Å². The van der Waals surface area contributed by atoms with Crippen molar-refractivity contribution in [2.24, 2.45) is 23.5 Å². The molecular formula is C22H23FN4O2. The molecule has 3 unspecified atom stereocenters. The number of hydrogen-bond donors (Lipinski definition) is 4. The molecule has 7 rings (SSSR count). The Kier molecular flexibility index (Phi) is 3.38. The molecule has 0 aliphatic heterocycles. The molecule has 6 nitrogen and oxygen atoms in total. The number of nitrogens with one attached hydrogen (secondary N) is 2. The maximum atomic E-state index is 14.0. The van der Waals surface area contributed by atoms with Gasteiger partial charge in [-0.2, -0.15) is 0 Å². The van der Waals surface area contributed by atoms with Crippen LogP contribution < -0.4 is 11.1 Å². The van der Waals surface area contributed by atoms with Gasteiger partial charge in [-0.15, -0.1) is 0 Å². The molecule has 1 amide bonds. The Morgan fingerprint density at radius 2 is 2.03 bits per heavy atom. The number of primary amides is 1. The number of pyridine rings is 1. The number of aliphatic hydroxyl groups is 1. The van der Waals surface area contributed by atoms with Crippen molar-refractivity contribution in [3.05, 3.63) is 35.8 Å². The number of halogens is 1. The van der Waals surface area contributed by atoms with Crippen molar-refractivity contribution >= 4 is 33.5 Å². The van der Waals surface area contributed by atoms with Crippen molar-refractivity contribution in [3.63, 3.8) is 0 Å². The summed E-state index contributed by atoms with van der Waals surface area (Å²) in [5.41, 5.74) is 6.66. The molecule has 5 atom stereocenters. The second kappa shape index (κ2) is 5.69. The standard InChI is InChI=1S/C22H23FN4O2/c23-13-1-2-16-14(5-13)17-19(26-16)15(20(24)28)9-25-21(17)27-18-11-3-10-4-12(18)8-22(29,6-10)7-11/h1-2,5,9-12,18,26,29H,3-4,6-8H2,(H2,24,28)(H,25,27)/t10?,11-,12+,18?,22?. The molecule has 5 N–H and O–H groups in total. The summed E-state index contributed by atoms with van der Waals surface area (Å²) >= 11 is 0.